The molecular weight excluding hydrogens is 304 g/mol. The molecule has 0 bridgehead atoms. The van der Waals surface area contributed by atoms with Crippen LogP contribution in [0.4, 0.5) is 0 Å². The molecule has 24 heavy (non-hydrogen) atoms. The summed E-state index contributed by atoms with van der Waals surface area (Å²) in [6.07, 6.45) is 3.19. The first kappa shape index (κ1) is 17.0. The highest BCUT2D eigenvalue weighted by atomic mass is 16.5. The van der Waals surface area contributed by atoms with Gasteiger partial charge in [0.1, 0.15) is 5.52 Å². The smallest absolute Gasteiger partial charge is 0.254 e. The van der Waals surface area contributed by atoms with Gasteiger partial charge < -0.3 is 14.1 Å². The largest absolute Gasteiger partial charge is 0.440 e. The lowest BCUT2D eigenvalue weighted by molar-refractivity contribution is 0.00212. The van der Waals surface area contributed by atoms with E-state index in [-0.39, 0.29) is 17.9 Å². The van der Waals surface area contributed by atoms with Crippen LogP contribution < -0.4 is 0 Å². The second kappa shape index (κ2) is 7.34. The summed E-state index contributed by atoms with van der Waals surface area (Å²) in [6, 6.07) is 5.51. The van der Waals surface area contributed by atoms with E-state index in [9.17, 15) is 4.79 Å². The van der Waals surface area contributed by atoms with Crippen molar-refractivity contribution in [2.75, 3.05) is 19.7 Å². The van der Waals surface area contributed by atoms with Gasteiger partial charge in [0.15, 0.2) is 11.5 Å². The molecule has 2 aromatic rings. The van der Waals surface area contributed by atoms with Crippen LogP contribution >= 0.6 is 0 Å². The predicted octanol–water partition coefficient (Wildman–Crippen LogP) is 3.98. The van der Waals surface area contributed by atoms with Gasteiger partial charge in [-0.1, -0.05) is 20.8 Å². The number of fused-ring (bicyclic) bond motifs is 1. The average molecular weight is 330 g/mol. The maximum atomic E-state index is 12.8. The molecule has 3 rings (SSSR count). The summed E-state index contributed by atoms with van der Waals surface area (Å²) in [4.78, 5) is 19.2. The molecule has 0 saturated carbocycles. The van der Waals surface area contributed by atoms with Crippen molar-refractivity contribution >= 4 is 17.0 Å². The molecule has 0 N–H and O–H groups in total. The third kappa shape index (κ3) is 3.61. The minimum atomic E-state index is 0.0517. The van der Waals surface area contributed by atoms with Gasteiger partial charge in [-0.25, -0.2) is 4.98 Å². The number of likely N-dealkylation sites (tertiary alicyclic amines) is 1. The Labute approximate surface area is 143 Å². The zero-order chi connectivity index (χ0) is 17.1. The summed E-state index contributed by atoms with van der Waals surface area (Å²) in [5, 5.41) is 0. The van der Waals surface area contributed by atoms with Crippen LogP contribution in [0.3, 0.4) is 0 Å². The van der Waals surface area contributed by atoms with Gasteiger partial charge in [0.05, 0.1) is 6.10 Å². The highest BCUT2D eigenvalue weighted by molar-refractivity contribution is 5.97. The Hall–Kier alpha value is -1.88. The molecule has 0 unspecified atom stereocenters. The number of hydrogen-bond donors (Lipinski definition) is 0. The van der Waals surface area contributed by atoms with Crippen LogP contribution in [0.5, 0.6) is 0 Å². The van der Waals surface area contributed by atoms with Gasteiger partial charge in [0.25, 0.3) is 5.91 Å². The molecule has 130 valence electrons. The molecule has 1 atom stereocenters. The van der Waals surface area contributed by atoms with E-state index in [1.807, 2.05) is 36.9 Å². The highest BCUT2D eigenvalue weighted by Crippen LogP contribution is 2.23. The Morgan fingerprint density at radius 2 is 2.29 bits per heavy atom. The number of oxazole rings is 1. The lowest BCUT2D eigenvalue weighted by Crippen LogP contribution is -2.43. The Balaban J connectivity index is 1.75. The number of carbonyl (C=O) groups excluding carboxylic acids is 1. The maximum absolute atomic E-state index is 12.8. The first-order chi connectivity index (χ1) is 11.6. The van der Waals surface area contributed by atoms with Crippen LogP contribution in [0.2, 0.25) is 0 Å². The number of aromatic nitrogens is 1. The Morgan fingerprint density at radius 3 is 3.04 bits per heavy atom. The molecule has 1 aromatic heterocycles. The van der Waals surface area contributed by atoms with E-state index in [2.05, 4.69) is 11.9 Å². The van der Waals surface area contributed by atoms with Crippen LogP contribution in [0.15, 0.2) is 22.6 Å². The predicted molar refractivity (Wildman–Crippen MR) is 93.3 cm³/mol. The van der Waals surface area contributed by atoms with Crippen LogP contribution in [-0.4, -0.2) is 41.6 Å². The molecule has 1 aromatic carbocycles. The van der Waals surface area contributed by atoms with Gasteiger partial charge >= 0.3 is 0 Å². The molecular formula is C19H26N2O3. The van der Waals surface area contributed by atoms with E-state index in [0.29, 0.717) is 18.0 Å². The van der Waals surface area contributed by atoms with E-state index in [1.54, 1.807) is 0 Å². The highest BCUT2D eigenvalue weighted by Gasteiger charge is 2.25. The van der Waals surface area contributed by atoms with Crippen molar-refractivity contribution in [3.63, 3.8) is 0 Å². The maximum Gasteiger partial charge on any atom is 0.254 e. The van der Waals surface area contributed by atoms with E-state index < -0.39 is 0 Å². The topological polar surface area (TPSA) is 55.6 Å². The standard InChI is InChI=1S/C19H26N2O3/c1-4-10-23-15-6-5-9-21(12-15)19(22)14-7-8-17-16(11-14)20-18(24-17)13(2)3/h7-8,11,13,15H,4-6,9-10,12H2,1-3H3/t15-/m0/s1. The molecule has 2 heterocycles. The average Bonchev–Trinajstić information content (AvgIpc) is 3.03. The molecule has 0 aliphatic carbocycles. The first-order valence-electron chi connectivity index (χ1n) is 8.90. The van der Waals surface area contributed by atoms with Crippen molar-refractivity contribution in [1.82, 2.24) is 9.88 Å². The van der Waals surface area contributed by atoms with Crippen LogP contribution in [0.25, 0.3) is 11.1 Å². The second-order valence-corrected chi connectivity index (χ2v) is 6.78. The molecule has 0 spiro atoms. The van der Waals surface area contributed by atoms with Gasteiger partial charge in [0, 0.05) is 31.2 Å². The summed E-state index contributed by atoms with van der Waals surface area (Å²) < 4.78 is 11.5. The third-order valence-corrected chi connectivity index (χ3v) is 4.37. The molecule has 0 radical (unpaired) electrons. The molecule has 1 aliphatic rings. The first-order valence-corrected chi connectivity index (χ1v) is 8.90. The molecule has 5 nitrogen and oxygen atoms in total. The monoisotopic (exact) mass is 330 g/mol. The number of nitrogens with zero attached hydrogens (tertiary/aromatic N) is 2. The van der Waals surface area contributed by atoms with E-state index in [0.717, 1.165) is 43.5 Å². The summed E-state index contributed by atoms with van der Waals surface area (Å²) in [5.41, 5.74) is 2.15. The molecule has 1 saturated heterocycles. The Morgan fingerprint density at radius 1 is 1.46 bits per heavy atom. The SMILES string of the molecule is CCCO[C@H]1CCCN(C(=O)c2ccc3oc(C(C)C)nc3c2)C1. The third-order valence-electron chi connectivity index (χ3n) is 4.37. The Kier molecular flexibility index (Phi) is 5.19. The molecule has 5 heteroatoms. The fourth-order valence-corrected chi connectivity index (χ4v) is 3.05. The molecule has 1 aliphatic heterocycles. The van der Waals surface area contributed by atoms with Gasteiger partial charge in [-0.15, -0.1) is 0 Å². The number of piperidine rings is 1. The lowest BCUT2D eigenvalue weighted by atomic mass is 10.1. The summed E-state index contributed by atoms with van der Waals surface area (Å²) in [6.45, 7) is 8.41. The fraction of sp³-hybridized carbons (Fsp3) is 0.579. The number of hydrogen-bond acceptors (Lipinski definition) is 4. The van der Waals surface area contributed by atoms with Crippen LogP contribution in [0.1, 0.15) is 62.2 Å². The van der Waals surface area contributed by atoms with Crippen molar-refractivity contribution in [3.05, 3.63) is 29.7 Å². The summed E-state index contributed by atoms with van der Waals surface area (Å²) in [5.74, 6) is 0.992. The molecule has 1 fully saturated rings. The minimum absolute atomic E-state index is 0.0517. The van der Waals surface area contributed by atoms with Gasteiger partial charge in [-0.3, -0.25) is 4.79 Å². The zero-order valence-electron chi connectivity index (χ0n) is 14.7. The van der Waals surface area contributed by atoms with Crippen molar-refractivity contribution in [2.24, 2.45) is 0 Å². The number of benzene rings is 1. The number of ether oxygens (including phenoxy) is 1. The number of carbonyl (C=O) groups is 1. The second-order valence-electron chi connectivity index (χ2n) is 6.78. The number of amides is 1. The van der Waals surface area contributed by atoms with Crippen molar-refractivity contribution in [3.8, 4) is 0 Å². The summed E-state index contributed by atoms with van der Waals surface area (Å²) in [7, 11) is 0. The van der Waals surface area contributed by atoms with Gasteiger partial charge in [0.2, 0.25) is 0 Å². The van der Waals surface area contributed by atoms with Crippen molar-refractivity contribution < 1.29 is 13.9 Å². The lowest BCUT2D eigenvalue weighted by Gasteiger charge is -2.32. The Bertz CT molecular complexity index is 708. The normalized spacial score (nSPS) is 18.5. The van der Waals surface area contributed by atoms with E-state index >= 15 is 0 Å². The molecule has 1 amide bonds. The fourth-order valence-electron chi connectivity index (χ4n) is 3.05. The van der Waals surface area contributed by atoms with Crippen LogP contribution in [0, 0.1) is 0 Å². The zero-order valence-corrected chi connectivity index (χ0v) is 14.7. The van der Waals surface area contributed by atoms with E-state index in [1.165, 1.54) is 0 Å². The minimum Gasteiger partial charge on any atom is -0.440 e. The van der Waals surface area contributed by atoms with Gasteiger partial charge in [-0.2, -0.15) is 0 Å². The summed E-state index contributed by atoms with van der Waals surface area (Å²) >= 11 is 0. The van der Waals surface area contributed by atoms with E-state index in [4.69, 9.17) is 9.15 Å². The van der Waals surface area contributed by atoms with Crippen LogP contribution in [-0.2, 0) is 4.74 Å². The number of rotatable bonds is 5. The quantitative estimate of drug-likeness (QED) is 0.832. The van der Waals surface area contributed by atoms with Crippen molar-refractivity contribution in [2.45, 2.75) is 52.1 Å². The van der Waals surface area contributed by atoms with Gasteiger partial charge in [-0.05, 0) is 37.5 Å². The van der Waals surface area contributed by atoms with Crippen molar-refractivity contribution in [1.29, 1.82) is 0 Å².